The molecule has 0 heterocycles. The zero-order valence-electron chi connectivity index (χ0n) is 21.0. The maximum absolute atomic E-state index is 7.00. The average Bonchev–Trinajstić information content (AvgIpc) is 3.47. The molecular weight excluding hydrogens is 444 g/mol. The largest absolute Gasteiger partial charge is 0.489 e. The van der Waals surface area contributed by atoms with E-state index in [1.807, 2.05) is 18.2 Å². The van der Waals surface area contributed by atoms with Crippen LogP contribution in [0.2, 0.25) is 0 Å². The number of aliphatic hydroxyl groups is 2. The minimum absolute atomic E-state index is 0.176. The van der Waals surface area contributed by atoms with Gasteiger partial charge in [-0.1, -0.05) is 97.1 Å². The fourth-order valence-corrected chi connectivity index (χ4v) is 5.49. The summed E-state index contributed by atoms with van der Waals surface area (Å²) in [4.78, 5) is 0. The van der Waals surface area contributed by atoms with Gasteiger partial charge in [-0.3, -0.25) is 0 Å². The first-order valence-corrected chi connectivity index (χ1v) is 12.3. The van der Waals surface area contributed by atoms with Gasteiger partial charge in [-0.25, -0.2) is 0 Å². The molecule has 184 valence electrons. The Labute approximate surface area is 214 Å². The minimum Gasteiger partial charge on any atom is -0.489 e. The molecule has 4 aromatic rings. The van der Waals surface area contributed by atoms with Gasteiger partial charge in [0.25, 0.3) is 0 Å². The van der Waals surface area contributed by atoms with E-state index in [9.17, 15) is 0 Å². The summed E-state index contributed by atoms with van der Waals surface area (Å²) < 4.78 is 5.99. The number of aliphatic hydroxyl groups excluding tert-OH is 2. The second-order valence-electron chi connectivity index (χ2n) is 9.14. The van der Waals surface area contributed by atoms with Crippen LogP contribution in [0.25, 0.3) is 11.6 Å². The first-order valence-electron chi connectivity index (χ1n) is 12.3. The van der Waals surface area contributed by atoms with E-state index in [1.165, 1.54) is 39.0 Å². The van der Waals surface area contributed by atoms with Gasteiger partial charge in [-0.05, 0) is 70.3 Å². The molecule has 0 bridgehead atoms. The highest BCUT2D eigenvalue weighted by molar-refractivity contribution is 5.90. The molecule has 0 aromatic heterocycles. The van der Waals surface area contributed by atoms with Crippen molar-refractivity contribution in [3.05, 3.63) is 137 Å². The number of hydrogen-bond acceptors (Lipinski definition) is 3. The van der Waals surface area contributed by atoms with Crippen molar-refractivity contribution in [1.82, 2.24) is 0 Å². The van der Waals surface area contributed by atoms with Gasteiger partial charge in [0.2, 0.25) is 0 Å². The van der Waals surface area contributed by atoms with Crippen LogP contribution in [0.15, 0.2) is 103 Å². The molecule has 0 aliphatic heterocycles. The lowest BCUT2D eigenvalue weighted by Gasteiger charge is -2.26. The zero-order valence-corrected chi connectivity index (χ0v) is 21.0. The zero-order chi connectivity index (χ0) is 25.4. The molecule has 4 aromatic carbocycles. The third kappa shape index (κ3) is 5.28. The highest BCUT2D eigenvalue weighted by Gasteiger charge is 2.45. The molecule has 0 unspecified atom stereocenters. The maximum Gasteiger partial charge on any atom is 0.119 e. The first-order chi connectivity index (χ1) is 17.8. The lowest BCUT2D eigenvalue weighted by molar-refractivity contribution is 0.306. The molecule has 6 rings (SSSR count). The van der Waals surface area contributed by atoms with Crippen molar-refractivity contribution in [1.29, 1.82) is 0 Å². The first kappa shape index (κ1) is 25.4. The smallest absolute Gasteiger partial charge is 0.119 e. The molecular formula is C33H34O3. The summed E-state index contributed by atoms with van der Waals surface area (Å²) in [6, 6.07) is 36.8. The molecule has 0 atom stereocenters. The second kappa shape index (κ2) is 11.9. The van der Waals surface area contributed by atoms with E-state index < -0.39 is 0 Å². The highest BCUT2D eigenvalue weighted by atomic mass is 16.5. The van der Waals surface area contributed by atoms with E-state index in [-0.39, 0.29) is 5.41 Å². The van der Waals surface area contributed by atoms with Crippen molar-refractivity contribution in [2.75, 3.05) is 14.2 Å². The Morgan fingerprint density at radius 2 is 1.17 bits per heavy atom. The van der Waals surface area contributed by atoms with Crippen molar-refractivity contribution in [2.24, 2.45) is 5.41 Å². The number of allylic oxidation sites excluding steroid dienone is 1. The molecule has 36 heavy (non-hydrogen) atoms. The van der Waals surface area contributed by atoms with Crippen LogP contribution in [0.4, 0.5) is 0 Å². The summed E-state index contributed by atoms with van der Waals surface area (Å²) in [5.74, 6) is 0.908. The number of hydrogen-bond donors (Lipinski definition) is 2. The quantitative estimate of drug-likeness (QED) is 0.359. The minimum atomic E-state index is 0.176. The number of fused-ring (bicyclic) bond motifs is 2. The third-order valence-electron chi connectivity index (χ3n) is 7.02. The molecule has 3 heteroatoms. The Balaban J connectivity index is 0.000000726. The molecule has 2 aliphatic carbocycles. The summed E-state index contributed by atoms with van der Waals surface area (Å²) in [6.07, 6.45) is 5.80. The van der Waals surface area contributed by atoms with E-state index in [4.69, 9.17) is 14.9 Å². The van der Waals surface area contributed by atoms with E-state index in [2.05, 4.69) is 91.0 Å². The third-order valence-corrected chi connectivity index (χ3v) is 7.02. The standard InChI is InChI=1S/C31H26O.2CH4O/c1-2-8-24(9-3-1)22-32-28-16-14-23(15-17-28)18-30-29-13-7-6-12-27(29)21-31(30)19-25-10-4-5-11-26(25)20-31;2*1-2/h1-18H,19-22H2;2*2H,1H3. The van der Waals surface area contributed by atoms with Crippen LogP contribution in [0.5, 0.6) is 5.75 Å². The van der Waals surface area contributed by atoms with Crippen LogP contribution in [0.1, 0.15) is 33.4 Å². The SMILES string of the molecule is C(=C1c2ccccc2CC12Cc1ccccc1C2)c1ccc(OCc2ccccc2)cc1.CO.CO. The van der Waals surface area contributed by atoms with E-state index >= 15 is 0 Å². The molecule has 0 saturated heterocycles. The average molecular weight is 479 g/mol. The molecule has 2 N–H and O–H groups in total. The molecule has 2 aliphatic rings. The Morgan fingerprint density at radius 1 is 0.639 bits per heavy atom. The van der Waals surface area contributed by atoms with Gasteiger partial charge >= 0.3 is 0 Å². The summed E-state index contributed by atoms with van der Waals surface area (Å²) in [5.41, 5.74) is 10.0. The van der Waals surface area contributed by atoms with Crippen LogP contribution >= 0.6 is 0 Å². The predicted molar refractivity (Wildman–Crippen MR) is 148 cm³/mol. The molecule has 0 amide bonds. The number of ether oxygens (including phenoxy) is 1. The number of benzene rings is 4. The van der Waals surface area contributed by atoms with Gasteiger partial charge in [-0.15, -0.1) is 0 Å². The van der Waals surface area contributed by atoms with Crippen LogP contribution in [-0.2, 0) is 25.9 Å². The Bertz CT molecular complexity index is 1260. The van der Waals surface area contributed by atoms with Crippen LogP contribution < -0.4 is 4.74 Å². The van der Waals surface area contributed by atoms with Gasteiger partial charge < -0.3 is 14.9 Å². The predicted octanol–water partition coefficient (Wildman–Crippen LogP) is 6.36. The lowest BCUT2D eigenvalue weighted by Crippen LogP contribution is -2.20. The van der Waals surface area contributed by atoms with Crippen molar-refractivity contribution in [2.45, 2.75) is 25.9 Å². The van der Waals surface area contributed by atoms with Crippen molar-refractivity contribution in [3.63, 3.8) is 0 Å². The Morgan fingerprint density at radius 3 is 1.81 bits per heavy atom. The van der Waals surface area contributed by atoms with Crippen molar-refractivity contribution >= 4 is 11.6 Å². The highest BCUT2D eigenvalue weighted by Crippen LogP contribution is 2.54. The van der Waals surface area contributed by atoms with Crippen LogP contribution in [-0.4, -0.2) is 24.4 Å². The normalized spacial score (nSPS) is 15.3. The fourth-order valence-electron chi connectivity index (χ4n) is 5.49. The summed E-state index contributed by atoms with van der Waals surface area (Å²) in [6.45, 7) is 0.593. The van der Waals surface area contributed by atoms with Crippen molar-refractivity contribution in [3.8, 4) is 5.75 Å². The van der Waals surface area contributed by atoms with Gasteiger partial charge in [0.15, 0.2) is 0 Å². The molecule has 3 nitrogen and oxygen atoms in total. The lowest BCUT2D eigenvalue weighted by atomic mass is 9.77. The summed E-state index contributed by atoms with van der Waals surface area (Å²) in [5, 5.41) is 14.0. The topological polar surface area (TPSA) is 49.7 Å². The van der Waals surface area contributed by atoms with Gasteiger partial charge in [0.1, 0.15) is 12.4 Å². The Hall–Kier alpha value is -3.66. The van der Waals surface area contributed by atoms with Gasteiger partial charge in [0.05, 0.1) is 0 Å². The van der Waals surface area contributed by atoms with Crippen LogP contribution in [0, 0.1) is 5.41 Å². The molecule has 0 fully saturated rings. The Kier molecular flexibility index (Phi) is 8.37. The van der Waals surface area contributed by atoms with E-state index in [0.29, 0.717) is 6.61 Å². The monoisotopic (exact) mass is 478 g/mol. The number of rotatable bonds is 4. The fraction of sp³-hybridized carbons (Fsp3) is 0.212. The second-order valence-corrected chi connectivity index (χ2v) is 9.14. The maximum atomic E-state index is 7.00. The summed E-state index contributed by atoms with van der Waals surface area (Å²) in [7, 11) is 2.00. The van der Waals surface area contributed by atoms with Gasteiger partial charge in [-0.2, -0.15) is 0 Å². The van der Waals surface area contributed by atoms with Crippen molar-refractivity contribution < 1.29 is 14.9 Å². The van der Waals surface area contributed by atoms with E-state index in [1.54, 1.807) is 0 Å². The van der Waals surface area contributed by atoms with E-state index in [0.717, 1.165) is 39.2 Å². The van der Waals surface area contributed by atoms with Gasteiger partial charge in [0, 0.05) is 19.6 Å². The molecule has 0 saturated carbocycles. The molecule has 1 spiro atoms. The molecule has 0 radical (unpaired) electrons. The van der Waals surface area contributed by atoms with Crippen LogP contribution in [0.3, 0.4) is 0 Å². The summed E-state index contributed by atoms with van der Waals surface area (Å²) >= 11 is 0.